The molecule has 3 N–H and O–H groups in total. The third-order valence-electron chi connectivity index (χ3n) is 2.04. The van der Waals surface area contributed by atoms with Gasteiger partial charge in [0.25, 0.3) is 0 Å². The van der Waals surface area contributed by atoms with E-state index < -0.39 is 0 Å². The molecule has 1 aromatic rings. The quantitative estimate of drug-likeness (QED) is 0.522. The van der Waals surface area contributed by atoms with Crippen LogP contribution in [0.2, 0.25) is 0 Å². The Morgan fingerprint density at radius 1 is 1.71 bits per heavy atom. The van der Waals surface area contributed by atoms with Gasteiger partial charge in [-0.05, 0) is 6.42 Å². The molecule has 0 aliphatic heterocycles. The monoisotopic (exact) mass is 193 g/mol. The van der Waals surface area contributed by atoms with Crippen molar-refractivity contribution in [2.45, 2.75) is 25.4 Å². The van der Waals surface area contributed by atoms with Gasteiger partial charge in [0.15, 0.2) is 0 Å². The van der Waals surface area contributed by atoms with Crippen LogP contribution in [0, 0.1) is 12.3 Å². The number of aliphatic hydroxyl groups excluding tert-OH is 1. The molecule has 1 heterocycles. The Kier molecular flexibility index (Phi) is 4.17. The Morgan fingerprint density at radius 3 is 3.14 bits per heavy atom. The lowest BCUT2D eigenvalue weighted by Crippen LogP contribution is -2.18. The van der Waals surface area contributed by atoms with E-state index in [1.54, 1.807) is 12.5 Å². The first-order chi connectivity index (χ1) is 6.79. The zero-order valence-electron chi connectivity index (χ0n) is 8.06. The number of aliphatic hydroxyl groups is 1. The summed E-state index contributed by atoms with van der Waals surface area (Å²) in [5.41, 5.74) is 6.54. The molecule has 1 aromatic heterocycles. The number of aryl methyl sites for hydroxylation is 1. The normalized spacial score (nSPS) is 12.4. The summed E-state index contributed by atoms with van der Waals surface area (Å²) in [5, 5.41) is 8.90. The summed E-state index contributed by atoms with van der Waals surface area (Å²) < 4.78 is 1.93. The number of rotatable bonds is 5. The molecule has 1 atom stereocenters. The molecule has 4 heteroatoms. The fourth-order valence-electron chi connectivity index (χ4n) is 1.27. The standard InChI is InChI=1S/C10H15N3O/c1-2-3-4-5-13-8-12-6-10(13)9(11)7-14/h1,6,8-9,14H,3-5,7,11H2. The number of terminal acetylenes is 1. The SMILES string of the molecule is C#CCCCn1cncc1C(N)CO. The van der Waals surface area contributed by atoms with Crippen LogP contribution in [0.3, 0.4) is 0 Å². The molecule has 0 bridgehead atoms. The van der Waals surface area contributed by atoms with Crippen molar-refractivity contribution >= 4 is 0 Å². The van der Waals surface area contributed by atoms with E-state index in [1.807, 2.05) is 4.57 Å². The van der Waals surface area contributed by atoms with Crippen molar-refractivity contribution in [1.82, 2.24) is 9.55 Å². The zero-order chi connectivity index (χ0) is 10.4. The summed E-state index contributed by atoms with van der Waals surface area (Å²) >= 11 is 0. The predicted molar refractivity (Wildman–Crippen MR) is 54.3 cm³/mol. The Balaban J connectivity index is 2.59. The lowest BCUT2D eigenvalue weighted by molar-refractivity contribution is 0.263. The number of nitrogens with zero attached hydrogens (tertiary/aromatic N) is 2. The summed E-state index contributed by atoms with van der Waals surface area (Å²) in [6, 6.07) is -0.358. The highest BCUT2D eigenvalue weighted by Gasteiger charge is 2.09. The van der Waals surface area contributed by atoms with Gasteiger partial charge in [0.2, 0.25) is 0 Å². The number of nitrogens with two attached hydrogens (primary N) is 1. The number of unbranched alkanes of at least 4 members (excludes halogenated alkanes) is 1. The van der Waals surface area contributed by atoms with Crippen LogP contribution in [0.1, 0.15) is 24.6 Å². The fraction of sp³-hybridized carbons (Fsp3) is 0.500. The highest BCUT2D eigenvalue weighted by molar-refractivity contribution is 5.04. The van der Waals surface area contributed by atoms with Crippen molar-refractivity contribution in [2.24, 2.45) is 5.73 Å². The molecule has 0 aliphatic carbocycles. The molecule has 4 nitrogen and oxygen atoms in total. The predicted octanol–water partition coefficient (Wildman–Crippen LogP) is 0.289. The smallest absolute Gasteiger partial charge is 0.0948 e. The minimum absolute atomic E-state index is 0.0686. The first-order valence-electron chi connectivity index (χ1n) is 4.59. The molecule has 76 valence electrons. The van der Waals surface area contributed by atoms with E-state index in [9.17, 15) is 0 Å². The van der Waals surface area contributed by atoms with E-state index >= 15 is 0 Å². The van der Waals surface area contributed by atoms with E-state index in [-0.39, 0.29) is 12.6 Å². The molecule has 0 aliphatic rings. The van der Waals surface area contributed by atoms with Crippen molar-refractivity contribution in [2.75, 3.05) is 6.61 Å². The van der Waals surface area contributed by atoms with Gasteiger partial charge >= 0.3 is 0 Å². The van der Waals surface area contributed by atoms with E-state index in [2.05, 4.69) is 10.9 Å². The van der Waals surface area contributed by atoms with Crippen molar-refractivity contribution in [3.05, 3.63) is 18.2 Å². The summed E-state index contributed by atoms with van der Waals surface area (Å²) in [6.07, 6.45) is 10.2. The van der Waals surface area contributed by atoms with Crippen LogP contribution in [0.15, 0.2) is 12.5 Å². The average Bonchev–Trinajstić information content (AvgIpc) is 2.65. The highest BCUT2D eigenvalue weighted by Crippen LogP contribution is 2.09. The molecule has 0 fully saturated rings. The third kappa shape index (κ3) is 2.59. The second kappa shape index (κ2) is 5.43. The molecule has 0 saturated carbocycles. The van der Waals surface area contributed by atoms with Gasteiger partial charge in [-0.3, -0.25) is 0 Å². The maximum absolute atomic E-state index is 8.90. The van der Waals surface area contributed by atoms with Gasteiger partial charge in [0, 0.05) is 19.2 Å². The Bertz CT molecular complexity index is 313. The van der Waals surface area contributed by atoms with Crippen LogP contribution >= 0.6 is 0 Å². The molecule has 0 aromatic carbocycles. The van der Waals surface area contributed by atoms with Crippen LogP contribution in [-0.4, -0.2) is 21.3 Å². The largest absolute Gasteiger partial charge is 0.394 e. The summed E-state index contributed by atoms with van der Waals surface area (Å²) in [7, 11) is 0. The van der Waals surface area contributed by atoms with E-state index in [0.29, 0.717) is 0 Å². The van der Waals surface area contributed by atoms with Crippen molar-refractivity contribution in [1.29, 1.82) is 0 Å². The van der Waals surface area contributed by atoms with Gasteiger partial charge in [0.1, 0.15) is 0 Å². The van der Waals surface area contributed by atoms with Crippen LogP contribution < -0.4 is 5.73 Å². The van der Waals surface area contributed by atoms with E-state index in [0.717, 1.165) is 25.1 Å². The zero-order valence-corrected chi connectivity index (χ0v) is 8.06. The molecule has 0 radical (unpaired) electrons. The first kappa shape index (κ1) is 10.8. The van der Waals surface area contributed by atoms with Gasteiger partial charge in [-0.15, -0.1) is 12.3 Å². The molecule has 0 spiro atoms. The lowest BCUT2D eigenvalue weighted by atomic mass is 10.2. The minimum atomic E-state index is -0.358. The second-order valence-corrected chi connectivity index (χ2v) is 3.11. The Hall–Kier alpha value is -1.31. The summed E-state index contributed by atoms with van der Waals surface area (Å²) in [6.45, 7) is 0.730. The molecule has 14 heavy (non-hydrogen) atoms. The maximum atomic E-state index is 8.90. The second-order valence-electron chi connectivity index (χ2n) is 3.11. The summed E-state index contributed by atoms with van der Waals surface area (Å²) in [5.74, 6) is 2.58. The van der Waals surface area contributed by atoms with Crippen molar-refractivity contribution < 1.29 is 5.11 Å². The van der Waals surface area contributed by atoms with Crippen LogP contribution in [0.4, 0.5) is 0 Å². The van der Waals surface area contributed by atoms with Crippen molar-refractivity contribution in [3.63, 3.8) is 0 Å². The van der Waals surface area contributed by atoms with Crippen molar-refractivity contribution in [3.8, 4) is 12.3 Å². The van der Waals surface area contributed by atoms with E-state index in [1.165, 1.54) is 0 Å². The van der Waals surface area contributed by atoms with Crippen LogP contribution in [0.25, 0.3) is 0 Å². The molecular weight excluding hydrogens is 178 g/mol. The lowest BCUT2D eigenvalue weighted by Gasteiger charge is -2.11. The minimum Gasteiger partial charge on any atom is -0.394 e. The molecule has 1 rings (SSSR count). The number of imidazole rings is 1. The summed E-state index contributed by atoms with van der Waals surface area (Å²) in [4.78, 5) is 3.99. The van der Waals surface area contributed by atoms with Gasteiger partial charge in [-0.2, -0.15) is 0 Å². The molecule has 1 unspecified atom stereocenters. The third-order valence-corrected chi connectivity index (χ3v) is 2.04. The molecular formula is C10H15N3O. The Labute approximate surface area is 83.8 Å². The first-order valence-corrected chi connectivity index (χ1v) is 4.59. The van der Waals surface area contributed by atoms with Crippen LogP contribution in [-0.2, 0) is 6.54 Å². The topological polar surface area (TPSA) is 64.1 Å². The number of hydrogen-bond donors (Lipinski definition) is 2. The number of hydrogen-bond acceptors (Lipinski definition) is 3. The van der Waals surface area contributed by atoms with Gasteiger partial charge in [-0.25, -0.2) is 4.98 Å². The van der Waals surface area contributed by atoms with E-state index in [4.69, 9.17) is 17.3 Å². The number of aromatic nitrogens is 2. The Morgan fingerprint density at radius 2 is 2.50 bits per heavy atom. The maximum Gasteiger partial charge on any atom is 0.0948 e. The van der Waals surface area contributed by atoms with Gasteiger partial charge in [-0.1, -0.05) is 0 Å². The average molecular weight is 193 g/mol. The molecule has 0 saturated heterocycles. The molecule has 0 amide bonds. The van der Waals surface area contributed by atoms with Gasteiger partial charge < -0.3 is 15.4 Å². The highest BCUT2D eigenvalue weighted by atomic mass is 16.3. The van der Waals surface area contributed by atoms with Crippen LogP contribution in [0.5, 0.6) is 0 Å². The van der Waals surface area contributed by atoms with Gasteiger partial charge in [0.05, 0.1) is 24.7 Å². The fourth-order valence-corrected chi connectivity index (χ4v) is 1.27.